The van der Waals surface area contributed by atoms with Crippen LogP contribution < -0.4 is 14.2 Å². The standard InChI is InChI=1S/C22H23N3O5S/c1-28-20-6-4-18(23-12-20)15-30-19-5-3-16-9-10-25(14-17(16)11-19)31(26,27)21-7-8-22(29-2)24-13-21/h3-8,11-13H,9-10,14-15H2,1-2H3. The second-order valence-electron chi connectivity index (χ2n) is 7.03. The number of nitrogens with zero attached hydrogens (tertiary/aromatic N) is 3. The second-order valence-corrected chi connectivity index (χ2v) is 8.97. The fraction of sp³-hybridized carbons (Fsp3) is 0.273. The van der Waals surface area contributed by atoms with E-state index in [2.05, 4.69) is 9.97 Å². The summed E-state index contributed by atoms with van der Waals surface area (Å²) in [7, 11) is -0.571. The minimum atomic E-state index is -3.65. The molecule has 4 rings (SSSR count). The molecule has 0 aliphatic carbocycles. The third kappa shape index (κ3) is 4.62. The molecule has 8 nitrogen and oxygen atoms in total. The van der Waals surface area contributed by atoms with Crippen molar-refractivity contribution in [3.05, 3.63) is 71.7 Å². The number of hydrogen-bond acceptors (Lipinski definition) is 7. The molecule has 0 saturated carbocycles. The molecule has 1 aromatic carbocycles. The second kappa shape index (κ2) is 8.91. The van der Waals surface area contributed by atoms with E-state index in [9.17, 15) is 8.42 Å². The summed E-state index contributed by atoms with van der Waals surface area (Å²) in [6, 6.07) is 12.5. The highest BCUT2D eigenvalue weighted by molar-refractivity contribution is 7.89. The lowest BCUT2D eigenvalue weighted by atomic mass is 10.0. The molecule has 0 fully saturated rings. The Bertz CT molecular complexity index is 1150. The molecule has 3 heterocycles. The third-order valence-corrected chi connectivity index (χ3v) is 6.96. The van der Waals surface area contributed by atoms with E-state index in [0.29, 0.717) is 37.0 Å². The number of fused-ring (bicyclic) bond motifs is 1. The Hall–Kier alpha value is -3.17. The van der Waals surface area contributed by atoms with E-state index >= 15 is 0 Å². The topological polar surface area (TPSA) is 90.9 Å². The van der Waals surface area contributed by atoms with Gasteiger partial charge in [-0.25, -0.2) is 13.4 Å². The zero-order chi connectivity index (χ0) is 21.8. The molecule has 0 amide bonds. The van der Waals surface area contributed by atoms with Crippen molar-refractivity contribution in [2.45, 2.75) is 24.5 Å². The largest absolute Gasteiger partial charge is 0.495 e. The first kappa shape index (κ1) is 21.1. The quantitative estimate of drug-likeness (QED) is 0.557. The molecule has 162 valence electrons. The summed E-state index contributed by atoms with van der Waals surface area (Å²) in [5.41, 5.74) is 2.82. The van der Waals surface area contributed by atoms with Gasteiger partial charge >= 0.3 is 0 Å². The Labute approximate surface area is 181 Å². The van der Waals surface area contributed by atoms with E-state index in [1.54, 1.807) is 19.4 Å². The molecule has 0 unspecified atom stereocenters. The van der Waals surface area contributed by atoms with Crippen LogP contribution in [0.3, 0.4) is 0 Å². The van der Waals surface area contributed by atoms with Crippen LogP contribution in [0.5, 0.6) is 17.4 Å². The summed E-state index contributed by atoms with van der Waals surface area (Å²) >= 11 is 0. The van der Waals surface area contributed by atoms with Crippen LogP contribution in [0.4, 0.5) is 0 Å². The molecule has 1 aliphatic rings. The van der Waals surface area contributed by atoms with Gasteiger partial charge in [-0.2, -0.15) is 4.31 Å². The van der Waals surface area contributed by atoms with Crippen molar-refractivity contribution < 1.29 is 22.6 Å². The molecule has 0 N–H and O–H groups in total. The SMILES string of the molecule is COc1ccc(COc2ccc3c(c2)CN(S(=O)(=O)c2ccc(OC)nc2)CC3)nc1. The van der Waals surface area contributed by atoms with Gasteiger partial charge in [0.25, 0.3) is 0 Å². The van der Waals surface area contributed by atoms with Crippen LogP contribution in [0.15, 0.2) is 59.8 Å². The molecule has 1 aliphatic heterocycles. The van der Waals surface area contributed by atoms with Crippen molar-refractivity contribution in [2.75, 3.05) is 20.8 Å². The number of aromatic nitrogens is 2. The molecular formula is C22H23N3O5S. The fourth-order valence-electron chi connectivity index (χ4n) is 3.37. The highest BCUT2D eigenvalue weighted by Gasteiger charge is 2.29. The lowest BCUT2D eigenvalue weighted by molar-refractivity contribution is 0.299. The molecule has 0 bridgehead atoms. The zero-order valence-corrected chi connectivity index (χ0v) is 18.1. The summed E-state index contributed by atoms with van der Waals surface area (Å²) < 4.78 is 43.5. The number of methoxy groups -OCH3 is 2. The normalized spacial score (nSPS) is 14.0. The number of hydrogen-bond donors (Lipinski definition) is 0. The summed E-state index contributed by atoms with van der Waals surface area (Å²) in [6.45, 7) is 1.00. The van der Waals surface area contributed by atoms with Gasteiger partial charge in [-0.05, 0) is 47.9 Å². The monoisotopic (exact) mass is 441 g/mol. The van der Waals surface area contributed by atoms with E-state index < -0.39 is 10.0 Å². The molecule has 0 radical (unpaired) electrons. The van der Waals surface area contributed by atoms with Crippen molar-refractivity contribution >= 4 is 10.0 Å². The summed E-state index contributed by atoms with van der Waals surface area (Å²) in [5, 5.41) is 0. The molecule has 0 spiro atoms. The fourth-order valence-corrected chi connectivity index (χ4v) is 4.73. The maximum absolute atomic E-state index is 13.0. The molecular weight excluding hydrogens is 418 g/mol. The van der Waals surface area contributed by atoms with Crippen LogP contribution in [0.2, 0.25) is 0 Å². The van der Waals surface area contributed by atoms with Gasteiger partial charge in [0.05, 0.1) is 32.3 Å². The first-order chi connectivity index (χ1) is 15.0. The molecule has 9 heteroatoms. The van der Waals surface area contributed by atoms with Crippen molar-refractivity contribution in [2.24, 2.45) is 0 Å². The van der Waals surface area contributed by atoms with Gasteiger partial charge in [0.2, 0.25) is 15.9 Å². The minimum Gasteiger partial charge on any atom is -0.495 e. The number of benzene rings is 1. The van der Waals surface area contributed by atoms with Gasteiger partial charge < -0.3 is 14.2 Å². The number of pyridine rings is 2. The Balaban J connectivity index is 1.47. The van der Waals surface area contributed by atoms with Crippen LogP contribution in [0.25, 0.3) is 0 Å². The number of sulfonamides is 1. The highest BCUT2D eigenvalue weighted by Crippen LogP contribution is 2.28. The van der Waals surface area contributed by atoms with Crippen molar-refractivity contribution in [3.63, 3.8) is 0 Å². The van der Waals surface area contributed by atoms with Crippen molar-refractivity contribution in [1.29, 1.82) is 0 Å². The van der Waals surface area contributed by atoms with Crippen LogP contribution >= 0.6 is 0 Å². The van der Waals surface area contributed by atoms with E-state index in [1.807, 2.05) is 30.3 Å². The average molecular weight is 442 g/mol. The molecule has 0 atom stereocenters. The van der Waals surface area contributed by atoms with E-state index in [4.69, 9.17) is 14.2 Å². The van der Waals surface area contributed by atoms with Gasteiger partial charge in [-0.1, -0.05) is 6.07 Å². The van der Waals surface area contributed by atoms with Crippen LogP contribution in [0.1, 0.15) is 16.8 Å². The van der Waals surface area contributed by atoms with E-state index in [0.717, 1.165) is 16.8 Å². The zero-order valence-electron chi connectivity index (χ0n) is 17.3. The average Bonchev–Trinajstić information content (AvgIpc) is 2.82. The Morgan fingerprint density at radius 2 is 1.77 bits per heavy atom. The van der Waals surface area contributed by atoms with Gasteiger partial charge in [0.15, 0.2) is 0 Å². The van der Waals surface area contributed by atoms with Crippen LogP contribution in [-0.2, 0) is 29.6 Å². The highest BCUT2D eigenvalue weighted by atomic mass is 32.2. The van der Waals surface area contributed by atoms with Crippen LogP contribution in [-0.4, -0.2) is 43.5 Å². The lowest BCUT2D eigenvalue weighted by Gasteiger charge is -2.28. The molecule has 31 heavy (non-hydrogen) atoms. The Morgan fingerprint density at radius 1 is 0.935 bits per heavy atom. The Kier molecular flexibility index (Phi) is 6.06. The summed E-state index contributed by atoms with van der Waals surface area (Å²) in [4.78, 5) is 8.46. The Morgan fingerprint density at radius 3 is 2.45 bits per heavy atom. The van der Waals surface area contributed by atoms with Gasteiger partial charge in [0, 0.05) is 19.2 Å². The van der Waals surface area contributed by atoms with Gasteiger partial charge in [0.1, 0.15) is 23.0 Å². The molecule has 3 aromatic rings. The lowest BCUT2D eigenvalue weighted by Crippen LogP contribution is -2.36. The van der Waals surface area contributed by atoms with Gasteiger partial charge in [-0.15, -0.1) is 0 Å². The molecule has 2 aromatic heterocycles. The first-order valence-corrected chi connectivity index (χ1v) is 11.2. The minimum absolute atomic E-state index is 0.148. The third-order valence-electron chi connectivity index (χ3n) is 5.13. The smallest absolute Gasteiger partial charge is 0.244 e. The predicted molar refractivity (Wildman–Crippen MR) is 114 cm³/mol. The van der Waals surface area contributed by atoms with E-state index in [1.165, 1.54) is 23.7 Å². The number of ether oxygens (including phenoxy) is 3. The molecule has 0 saturated heterocycles. The summed E-state index contributed by atoms with van der Waals surface area (Å²) in [6.07, 6.45) is 3.60. The maximum Gasteiger partial charge on any atom is 0.244 e. The van der Waals surface area contributed by atoms with Crippen LogP contribution in [0, 0.1) is 0 Å². The van der Waals surface area contributed by atoms with Crippen molar-refractivity contribution in [3.8, 4) is 17.4 Å². The first-order valence-electron chi connectivity index (χ1n) is 9.73. The summed E-state index contributed by atoms with van der Waals surface area (Å²) in [5.74, 6) is 1.73. The van der Waals surface area contributed by atoms with E-state index in [-0.39, 0.29) is 11.4 Å². The van der Waals surface area contributed by atoms with Crippen molar-refractivity contribution in [1.82, 2.24) is 14.3 Å². The predicted octanol–water partition coefficient (Wildman–Crippen LogP) is 2.82. The number of rotatable bonds is 7. The van der Waals surface area contributed by atoms with Gasteiger partial charge in [-0.3, -0.25) is 4.98 Å². The maximum atomic E-state index is 13.0.